The van der Waals surface area contributed by atoms with Gasteiger partial charge in [0.15, 0.2) is 0 Å². The number of ether oxygens (including phenoxy) is 1. The molecule has 35 heavy (non-hydrogen) atoms. The molecule has 2 fully saturated rings. The first kappa shape index (κ1) is 21.9. The molecule has 5 heteroatoms. The standard InChI is InChI=1S/C30H31N3O2/c1-29(25-12-6-3-7-13-25)30(35-28(34)33(29)21-23-10-4-2-5-11-23)16-18-32(19-17-30)22-24-20-31-27-15-9-8-14-26(24)27/h2-15,20,31H,16-19,21-22H2,1H3. The van der Waals surface area contributed by atoms with Gasteiger partial charge >= 0.3 is 6.09 Å². The van der Waals surface area contributed by atoms with E-state index in [2.05, 4.69) is 83.7 Å². The topological polar surface area (TPSA) is 48.6 Å². The Kier molecular flexibility index (Phi) is 5.37. The summed E-state index contributed by atoms with van der Waals surface area (Å²) >= 11 is 0. The number of hydrogen-bond acceptors (Lipinski definition) is 3. The molecule has 2 aliphatic heterocycles. The molecule has 3 aromatic carbocycles. The van der Waals surface area contributed by atoms with Crippen LogP contribution in [0.25, 0.3) is 10.9 Å². The Labute approximate surface area is 206 Å². The highest BCUT2D eigenvalue weighted by atomic mass is 16.6. The Morgan fingerprint density at radius 2 is 1.51 bits per heavy atom. The number of rotatable bonds is 5. The maximum Gasteiger partial charge on any atom is 0.411 e. The lowest BCUT2D eigenvalue weighted by molar-refractivity contribution is -0.0613. The summed E-state index contributed by atoms with van der Waals surface area (Å²) in [6.07, 6.45) is 3.51. The van der Waals surface area contributed by atoms with Crippen LogP contribution in [-0.2, 0) is 23.4 Å². The zero-order valence-electron chi connectivity index (χ0n) is 20.1. The highest BCUT2D eigenvalue weighted by Gasteiger charge is 2.63. The van der Waals surface area contributed by atoms with Crippen LogP contribution >= 0.6 is 0 Å². The number of para-hydroxylation sites is 1. The number of aromatic nitrogens is 1. The van der Waals surface area contributed by atoms with Crippen LogP contribution in [0.5, 0.6) is 0 Å². The number of carbonyl (C=O) groups excluding carboxylic acids is 1. The van der Waals surface area contributed by atoms with Gasteiger partial charge in [0.2, 0.25) is 0 Å². The van der Waals surface area contributed by atoms with Crippen LogP contribution in [0.15, 0.2) is 91.1 Å². The largest absolute Gasteiger partial charge is 0.440 e. The predicted molar refractivity (Wildman–Crippen MR) is 138 cm³/mol. The molecule has 2 saturated heterocycles. The molecule has 0 bridgehead atoms. The van der Waals surface area contributed by atoms with E-state index in [1.165, 1.54) is 16.5 Å². The molecule has 1 amide bonds. The van der Waals surface area contributed by atoms with Gasteiger partial charge in [0.25, 0.3) is 0 Å². The fourth-order valence-electron chi connectivity index (χ4n) is 6.08. The summed E-state index contributed by atoms with van der Waals surface area (Å²) in [5.74, 6) is 0. The van der Waals surface area contributed by atoms with Crippen molar-refractivity contribution in [3.8, 4) is 0 Å². The minimum atomic E-state index is -0.559. The number of carbonyl (C=O) groups is 1. The Bertz CT molecular complexity index is 1330. The van der Waals surface area contributed by atoms with Gasteiger partial charge in [-0.1, -0.05) is 78.9 Å². The number of hydrogen-bond donors (Lipinski definition) is 1. The number of aromatic amines is 1. The van der Waals surface area contributed by atoms with Crippen LogP contribution in [0.1, 0.15) is 36.5 Å². The van der Waals surface area contributed by atoms with Gasteiger partial charge in [-0.2, -0.15) is 0 Å². The lowest BCUT2D eigenvalue weighted by Gasteiger charge is -2.48. The van der Waals surface area contributed by atoms with Gasteiger partial charge in [-0.15, -0.1) is 0 Å². The number of likely N-dealkylation sites (tertiary alicyclic amines) is 1. The van der Waals surface area contributed by atoms with Crippen LogP contribution in [-0.4, -0.2) is 39.6 Å². The maximum absolute atomic E-state index is 13.4. The van der Waals surface area contributed by atoms with E-state index < -0.39 is 11.1 Å². The van der Waals surface area contributed by atoms with Gasteiger partial charge in [-0.25, -0.2) is 4.79 Å². The smallest absolute Gasteiger partial charge is 0.411 e. The fraction of sp³-hybridized carbons (Fsp3) is 0.300. The third-order valence-corrected chi connectivity index (χ3v) is 8.18. The van der Waals surface area contributed by atoms with Crippen LogP contribution in [0.2, 0.25) is 0 Å². The van der Waals surface area contributed by atoms with Gasteiger partial charge in [0.1, 0.15) is 11.1 Å². The first-order valence-corrected chi connectivity index (χ1v) is 12.5. The summed E-state index contributed by atoms with van der Waals surface area (Å²) in [5.41, 5.74) is 3.63. The zero-order valence-corrected chi connectivity index (χ0v) is 20.1. The second-order valence-corrected chi connectivity index (χ2v) is 10.0. The van der Waals surface area contributed by atoms with Gasteiger partial charge in [-0.3, -0.25) is 9.80 Å². The fourth-order valence-corrected chi connectivity index (χ4v) is 6.08. The van der Waals surface area contributed by atoms with Gasteiger partial charge in [-0.05, 0) is 29.7 Å². The van der Waals surface area contributed by atoms with Gasteiger partial charge in [0.05, 0.1) is 6.54 Å². The van der Waals surface area contributed by atoms with E-state index in [1.807, 2.05) is 29.2 Å². The van der Waals surface area contributed by atoms with E-state index in [-0.39, 0.29) is 6.09 Å². The average Bonchev–Trinajstić information content (AvgIpc) is 3.39. The summed E-state index contributed by atoms with van der Waals surface area (Å²) in [4.78, 5) is 21.2. The summed E-state index contributed by atoms with van der Waals surface area (Å²) < 4.78 is 6.35. The SMILES string of the molecule is CC1(c2ccccc2)N(Cc2ccccc2)C(=O)OC12CCN(Cc1c[nH]c3ccccc13)CC2. The number of H-pyrrole nitrogens is 1. The number of nitrogens with one attached hydrogen (secondary N) is 1. The highest BCUT2D eigenvalue weighted by Crippen LogP contribution is 2.52. The predicted octanol–water partition coefficient (Wildman–Crippen LogP) is 6.07. The van der Waals surface area contributed by atoms with E-state index in [0.29, 0.717) is 6.54 Å². The summed E-state index contributed by atoms with van der Waals surface area (Å²) in [6, 6.07) is 29.1. The average molecular weight is 466 g/mol. The van der Waals surface area contributed by atoms with Crippen molar-refractivity contribution in [2.75, 3.05) is 13.1 Å². The molecule has 0 radical (unpaired) electrons. The molecule has 0 saturated carbocycles. The molecular formula is C30H31N3O2. The van der Waals surface area contributed by atoms with Crippen LogP contribution in [0.4, 0.5) is 4.79 Å². The Morgan fingerprint density at radius 1 is 0.857 bits per heavy atom. The van der Waals surface area contributed by atoms with E-state index >= 15 is 0 Å². The zero-order chi connectivity index (χ0) is 23.9. The number of fused-ring (bicyclic) bond motifs is 1. The third-order valence-electron chi connectivity index (χ3n) is 8.18. The quantitative estimate of drug-likeness (QED) is 0.389. The summed E-state index contributed by atoms with van der Waals surface area (Å²) in [6.45, 7) is 5.39. The monoisotopic (exact) mass is 465 g/mol. The summed E-state index contributed by atoms with van der Waals surface area (Å²) in [5, 5.41) is 1.28. The Balaban J connectivity index is 1.28. The van der Waals surface area contributed by atoms with E-state index in [0.717, 1.165) is 43.6 Å². The molecular weight excluding hydrogens is 434 g/mol. The molecule has 3 heterocycles. The molecule has 178 valence electrons. The normalized spacial score (nSPS) is 22.1. The van der Waals surface area contributed by atoms with Crippen molar-refractivity contribution < 1.29 is 9.53 Å². The van der Waals surface area contributed by atoms with Gasteiger partial charge < -0.3 is 9.72 Å². The second kappa shape index (κ2) is 8.58. The molecule has 2 aliphatic rings. The minimum Gasteiger partial charge on any atom is -0.440 e. The molecule has 4 aromatic rings. The van der Waals surface area contributed by atoms with E-state index in [1.54, 1.807) is 0 Å². The van der Waals surface area contributed by atoms with Crippen LogP contribution < -0.4 is 0 Å². The number of amides is 1. The lowest BCUT2D eigenvalue weighted by atomic mass is 9.70. The Morgan fingerprint density at radius 3 is 2.26 bits per heavy atom. The third kappa shape index (κ3) is 3.62. The van der Waals surface area contributed by atoms with Crippen LogP contribution in [0, 0.1) is 0 Å². The van der Waals surface area contributed by atoms with Crippen molar-refractivity contribution in [2.24, 2.45) is 0 Å². The molecule has 0 aliphatic carbocycles. The first-order valence-electron chi connectivity index (χ1n) is 12.5. The number of piperidine rings is 1. The van der Waals surface area contributed by atoms with Crippen molar-refractivity contribution in [2.45, 2.75) is 44.0 Å². The maximum atomic E-state index is 13.4. The highest BCUT2D eigenvalue weighted by molar-refractivity contribution is 5.83. The molecule has 5 nitrogen and oxygen atoms in total. The number of nitrogens with zero attached hydrogens (tertiary/aromatic N) is 2. The second-order valence-electron chi connectivity index (χ2n) is 10.0. The summed E-state index contributed by atoms with van der Waals surface area (Å²) in [7, 11) is 0. The molecule has 1 spiro atoms. The van der Waals surface area contributed by atoms with Crippen LogP contribution in [0.3, 0.4) is 0 Å². The molecule has 6 rings (SSSR count). The van der Waals surface area contributed by atoms with Crippen molar-refractivity contribution in [3.05, 3.63) is 108 Å². The number of benzene rings is 3. The van der Waals surface area contributed by atoms with Crippen molar-refractivity contribution in [3.63, 3.8) is 0 Å². The van der Waals surface area contributed by atoms with Crippen molar-refractivity contribution >= 4 is 17.0 Å². The van der Waals surface area contributed by atoms with Gasteiger partial charge in [0, 0.05) is 49.6 Å². The molecule has 1 atom stereocenters. The van der Waals surface area contributed by atoms with Crippen molar-refractivity contribution in [1.82, 2.24) is 14.8 Å². The molecule has 1 aromatic heterocycles. The lowest BCUT2D eigenvalue weighted by Crippen LogP contribution is -2.58. The minimum absolute atomic E-state index is 0.217. The first-order chi connectivity index (χ1) is 17.1. The Hall–Kier alpha value is -3.57. The van der Waals surface area contributed by atoms with E-state index in [9.17, 15) is 4.79 Å². The van der Waals surface area contributed by atoms with Crippen molar-refractivity contribution in [1.29, 1.82) is 0 Å². The molecule has 1 N–H and O–H groups in total. The van der Waals surface area contributed by atoms with E-state index in [4.69, 9.17) is 4.74 Å². The molecule has 1 unspecified atom stereocenters.